The van der Waals surface area contributed by atoms with Crippen molar-refractivity contribution in [1.29, 1.82) is 0 Å². The van der Waals surface area contributed by atoms with E-state index in [-0.39, 0.29) is 18.2 Å². The molecule has 1 aromatic carbocycles. The average molecular weight is 282 g/mol. The van der Waals surface area contributed by atoms with E-state index >= 15 is 0 Å². The lowest BCUT2D eigenvalue weighted by molar-refractivity contribution is 0.102. The molecule has 1 amide bonds. The van der Waals surface area contributed by atoms with Crippen molar-refractivity contribution in [2.24, 2.45) is 0 Å². The number of methoxy groups -OCH3 is 1. The van der Waals surface area contributed by atoms with Crippen molar-refractivity contribution in [2.75, 3.05) is 19.0 Å². The van der Waals surface area contributed by atoms with Crippen LogP contribution in [0.25, 0.3) is 0 Å². The maximum absolute atomic E-state index is 12.3. The molecule has 0 saturated heterocycles. The van der Waals surface area contributed by atoms with E-state index in [4.69, 9.17) is 9.84 Å². The van der Waals surface area contributed by atoms with E-state index in [1.54, 1.807) is 30.3 Å². The Kier molecular flexibility index (Phi) is 4.91. The van der Waals surface area contributed by atoms with Gasteiger partial charge in [-0.25, -0.2) is 4.98 Å². The van der Waals surface area contributed by atoms with Gasteiger partial charge in [0, 0.05) is 6.20 Å². The lowest BCUT2D eigenvalue weighted by Gasteiger charge is -2.10. The summed E-state index contributed by atoms with van der Waals surface area (Å²) in [5.41, 5.74) is 1.21. The number of hydrogen-bond donors (Lipinski definition) is 2. The van der Waals surface area contributed by atoms with Crippen molar-refractivity contribution in [3.05, 3.63) is 53.9 Å². The van der Waals surface area contributed by atoms with Crippen LogP contribution in [0, 0.1) is 11.8 Å². The summed E-state index contributed by atoms with van der Waals surface area (Å²) in [6.07, 6.45) is 1.52. The van der Waals surface area contributed by atoms with E-state index in [0.717, 1.165) is 0 Å². The molecular formula is C16H14N2O3. The van der Waals surface area contributed by atoms with Crippen LogP contribution in [-0.2, 0) is 0 Å². The summed E-state index contributed by atoms with van der Waals surface area (Å²) in [5.74, 6) is 5.38. The number of hydrogen-bond acceptors (Lipinski definition) is 4. The second kappa shape index (κ2) is 7.08. The Bertz CT molecular complexity index is 702. The van der Waals surface area contributed by atoms with Crippen molar-refractivity contribution in [2.45, 2.75) is 0 Å². The number of ether oxygens (including phenoxy) is 1. The van der Waals surface area contributed by atoms with Gasteiger partial charge in [0.15, 0.2) is 0 Å². The van der Waals surface area contributed by atoms with Crippen molar-refractivity contribution in [1.82, 2.24) is 4.98 Å². The Labute approximate surface area is 122 Å². The summed E-state index contributed by atoms with van der Waals surface area (Å²) in [7, 11) is 1.53. The summed E-state index contributed by atoms with van der Waals surface area (Å²) in [4.78, 5) is 16.4. The Balaban J connectivity index is 2.29. The molecule has 5 heteroatoms. The molecule has 0 saturated carbocycles. The molecule has 5 nitrogen and oxygen atoms in total. The molecule has 0 unspecified atom stereocenters. The molecule has 0 spiro atoms. The topological polar surface area (TPSA) is 71.5 Å². The zero-order chi connectivity index (χ0) is 15.1. The molecular weight excluding hydrogens is 268 g/mol. The van der Waals surface area contributed by atoms with Crippen LogP contribution in [0.15, 0.2) is 42.6 Å². The zero-order valence-corrected chi connectivity index (χ0v) is 11.5. The standard InChI is InChI=1S/C16H14N2O3/c1-21-14-9-3-2-8-13(14)18-16(20)15-12(7-5-11-19)6-4-10-17-15/h2-4,6,8-10,19H,11H2,1H3,(H,18,20). The van der Waals surface area contributed by atoms with Crippen LogP contribution in [0.1, 0.15) is 16.1 Å². The van der Waals surface area contributed by atoms with Crippen LogP contribution in [0.3, 0.4) is 0 Å². The predicted octanol–water partition coefficient (Wildman–Crippen LogP) is 1.69. The lowest BCUT2D eigenvalue weighted by atomic mass is 10.2. The fourth-order valence-electron chi connectivity index (χ4n) is 1.75. The first-order chi connectivity index (χ1) is 10.3. The summed E-state index contributed by atoms with van der Waals surface area (Å²) < 4.78 is 5.18. The van der Waals surface area contributed by atoms with Crippen LogP contribution >= 0.6 is 0 Å². The Morgan fingerprint density at radius 3 is 2.90 bits per heavy atom. The number of benzene rings is 1. The van der Waals surface area contributed by atoms with Gasteiger partial charge in [0.05, 0.1) is 18.4 Å². The van der Waals surface area contributed by atoms with Crippen molar-refractivity contribution < 1.29 is 14.6 Å². The molecule has 0 aliphatic carbocycles. The fraction of sp³-hybridized carbons (Fsp3) is 0.125. The van der Waals surface area contributed by atoms with Gasteiger partial charge >= 0.3 is 0 Å². The fourth-order valence-corrected chi connectivity index (χ4v) is 1.75. The van der Waals surface area contributed by atoms with E-state index in [1.165, 1.54) is 13.3 Å². The number of nitrogens with zero attached hydrogens (tertiary/aromatic N) is 1. The Morgan fingerprint density at radius 1 is 1.33 bits per heavy atom. The van der Waals surface area contributed by atoms with Crippen LogP contribution in [0.2, 0.25) is 0 Å². The smallest absolute Gasteiger partial charge is 0.275 e. The monoisotopic (exact) mass is 282 g/mol. The first kappa shape index (κ1) is 14.6. The average Bonchev–Trinajstić information content (AvgIpc) is 2.53. The van der Waals surface area contributed by atoms with Gasteiger partial charge in [-0.3, -0.25) is 4.79 Å². The van der Waals surface area contributed by atoms with Crippen LogP contribution in [0.5, 0.6) is 5.75 Å². The number of nitrogens with one attached hydrogen (secondary N) is 1. The molecule has 0 aliphatic rings. The quantitative estimate of drug-likeness (QED) is 0.840. The molecule has 1 heterocycles. The normalized spacial score (nSPS) is 9.43. The zero-order valence-electron chi connectivity index (χ0n) is 11.5. The molecule has 21 heavy (non-hydrogen) atoms. The predicted molar refractivity (Wildman–Crippen MR) is 79.1 cm³/mol. The number of para-hydroxylation sites is 2. The summed E-state index contributed by atoms with van der Waals surface area (Å²) in [5, 5.41) is 11.5. The maximum Gasteiger partial charge on any atom is 0.275 e. The molecule has 2 rings (SSSR count). The number of carbonyl (C=O) groups excluding carboxylic acids is 1. The Hall–Kier alpha value is -2.84. The maximum atomic E-state index is 12.3. The highest BCUT2D eigenvalue weighted by Crippen LogP contribution is 2.23. The minimum absolute atomic E-state index is 0.198. The number of anilines is 1. The molecule has 106 valence electrons. The highest BCUT2D eigenvalue weighted by Gasteiger charge is 2.13. The van der Waals surface area contributed by atoms with Gasteiger partial charge in [0.25, 0.3) is 5.91 Å². The molecule has 2 aromatic rings. The first-order valence-electron chi connectivity index (χ1n) is 6.25. The van der Waals surface area contributed by atoms with Gasteiger partial charge in [-0.2, -0.15) is 0 Å². The number of aliphatic hydroxyl groups excluding tert-OH is 1. The molecule has 0 fully saturated rings. The van der Waals surface area contributed by atoms with Crippen molar-refractivity contribution in [3.8, 4) is 17.6 Å². The third-order valence-corrected chi connectivity index (χ3v) is 2.68. The number of pyridine rings is 1. The minimum Gasteiger partial charge on any atom is -0.495 e. The highest BCUT2D eigenvalue weighted by atomic mass is 16.5. The van der Waals surface area contributed by atoms with Gasteiger partial charge in [-0.05, 0) is 24.3 Å². The largest absolute Gasteiger partial charge is 0.495 e. The van der Waals surface area contributed by atoms with Gasteiger partial charge in [0.1, 0.15) is 18.1 Å². The van der Waals surface area contributed by atoms with Gasteiger partial charge in [0.2, 0.25) is 0 Å². The van der Waals surface area contributed by atoms with Crippen LogP contribution < -0.4 is 10.1 Å². The first-order valence-corrected chi connectivity index (χ1v) is 6.25. The Morgan fingerprint density at radius 2 is 2.14 bits per heavy atom. The SMILES string of the molecule is COc1ccccc1NC(=O)c1ncccc1C#CCO. The van der Waals surface area contributed by atoms with Crippen molar-refractivity contribution >= 4 is 11.6 Å². The molecule has 1 aromatic heterocycles. The van der Waals surface area contributed by atoms with E-state index in [2.05, 4.69) is 22.1 Å². The molecule has 0 aliphatic heterocycles. The van der Waals surface area contributed by atoms with Gasteiger partial charge in [-0.15, -0.1) is 0 Å². The summed E-state index contributed by atoms with van der Waals surface area (Å²) >= 11 is 0. The third kappa shape index (κ3) is 3.59. The molecule has 0 bridgehead atoms. The van der Waals surface area contributed by atoms with E-state index in [9.17, 15) is 4.79 Å². The number of carbonyl (C=O) groups is 1. The molecule has 0 radical (unpaired) electrons. The minimum atomic E-state index is -0.387. The number of rotatable bonds is 3. The second-order valence-electron chi connectivity index (χ2n) is 4.01. The lowest BCUT2D eigenvalue weighted by Crippen LogP contribution is -2.15. The van der Waals surface area contributed by atoms with Gasteiger partial charge < -0.3 is 15.2 Å². The van der Waals surface area contributed by atoms with Crippen LogP contribution in [-0.4, -0.2) is 29.7 Å². The number of aromatic nitrogens is 1. The van der Waals surface area contributed by atoms with Crippen LogP contribution in [0.4, 0.5) is 5.69 Å². The number of aliphatic hydroxyl groups is 1. The van der Waals surface area contributed by atoms with E-state index in [0.29, 0.717) is 17.0 Å². The van der Waals surface area contributed by atoms with E-state index < -0.39 is 0 Å². The number of amides is 1. The highest BCUT2D eigenvalue weighted by molar-refractivity contribution is 6.05. The van der Waals surface area contributed by atoms with E-state index in [1.807, 2.05) is 6.07 Å². The van der Waals surface area contributed by atoms with Gasteiger partial charge in [-0.1, -0.05) is 24.0 Å². The third-order valence-electron chi connectivity index (χ3n) is 2.68. The van der Waals surface area contributed by atoms with Crippen molar-refractivity contribution in [3.63, 3.8) is 0 Å². The molecule has 2 N–H and O–H groups in total. The second-order valence-corrected chi connectivity index (χ2v) is 4.01. The summed E-state index contributed by atoms with van der Waals surface area (Å²) in [6, 6.07) is 10.4. The molecule has 0 atom stereocenters. The summed E-state index contributed by atoms with van der Waals surface area (Å²) in [6.45, 7) is -0.275.